The maximum absolute atomic E-state index is 13.8. The molecule has 2 bridgehead atoms. The van der Waals surface area contributed by atoms with E-state index in [9.17, 15) is 18.4 Å². The van der Waals surface area contributed by atoms with Gasteiger partial charge in [-0.05, 0) is 89.8 Å². The van der Waals surface area contributed by atoms with E-state index < -0.39 is 5.92 Å². The first-order chi connectivity index (χ1) is 26.7. The SMILES string of the molecule is C#CCCCCN1CCN(CCCC(=O)N2CCc3c(nc(C)n3C3CC4CCC(C3)N4CC[C@H](NC(=O)C3CCC(F)(F)CC3)c3ccccc3)C2)CC1. The molecular weight excluding hydrogens is 697 g/mol. The number of carbonyl (C=O) groups excluding carboxylic acids is 2. The van der Waals surface area contributed by atoms with Crippen molar-refractivity contribution in [2.75, 3.05) is 52.4 Å². The quantitative estimate of drug-likeness (QED) is 0.165. The minimum absolute atomic E-state index is 0.0836. The molecule has 2 amide bonds. The molecule has 300 valence electrons. The number of nitrogens with zero attached hydrogens (tertiary/aromatic N) is 6. The molecule has 2 unspecified atom stereocenters. The maximum atomic E-state index is 13.8. The summed E-state index contributed by atoms with van der Waals surface area (Å²) in [5.74, 6) is 0.984. The van der Waals surface area contributed by atoms with Crippen LogP contribution in [0.3, 0.4) is 0 Å². The molecule has 3 saturated heterocycles. The van der Waals surface area contributed by atoms with Crippen LogP contribution < -0.4 is 5.32 Å². The van der Waals surface area contributed by atoms with Gasteiger partial charge in [0.2, 0.25) is 17.7 Å². The van der Waals surface area contributed by atoms with Crippen LogP contribution in [0.1, 0.15) is 125 Å². The van der Waals surface area contributed by atoms with E-state index in [2.05, 4.69) is 49.6 Å². The van der Waals surface area contributed by atoms with E-state index in [4.69, 9.17) is 11.4 Å². The first-order valence-corrected chi connectivity index (χ1v) is 21.4. The second kappa shape index (κ2) is 18.3. The van der Waals surface area contributed by atoms with Gasteiger partial charge in [-0.3, -0.25) is 14.5 Å². The standard InChI is InChI=1S/C44H63F2N7O2/c1-3-4-5-9-22-49-26-28-50(29-27-49)23-10-13-42(54)51-24-19-41-40(32-51)47-33(2)53(41)38-30-36-14-15-37(31-38)52(36)25-18-39(34-11-7-6-8-12-34)48-43(55)35-16-20-44(45,46)21-17-35/h1,6-8,11-12,35-39H,4-5,9-10,13-32H2,2H3,(H,48,55)/t36?,37?,38?,39-/m0/s1. The summed E-state index contributed by atoms with van der Waals surface area (Å²) in [7, 11) is 0. The van der Waals surface area contributed by atoms with Crippen molar-refractivity contribution in [2.24, 2.45) is 5.92 Å². The number of aryl methyl sites for hydroxylation is 1. The number of halogens is 2. The highest BCUT2D eigenvalue weighted by Crippen LogP contribution is 2.43. The molecular formula is C44H63F2N7O2. The van der Waals surface area contributed by atoms with Crippen LogP contribution >= 0.6 is 0 Å². The van der Waals surface area contributed by atoms with Crippen molar-refractivity contribution >= 4 is 11.8 Å². The summed E-state index contributed by atoms with van der Waals surface area (Å²) in [6, 6.07) is 11.4. The van der Waals surface area contributed by atoms with Gasteiger partial charge in [0.1, 0.15) is 5.82 Å². The Morgan fingerprint density at radius 3 is 2.25 bits per heavy atom. The monoisotopic (exact) mass is 760 g/mol. The number of amides is 2. The highest BCUT2D eigenvalue weighted by Gasteiger charge is 2.43. The van der Waals surface area contributed by atoms with Crippen LogP contribution in [0, 0.1) is 25.2 Å². The van der Waals surface area contributed by atoms with E-state index in [1.807, 2.05) is 23.1 Å². The predicted octanol–water partition coefficient (Wildman–Crippen LogP) is 6.52. The van der Waals surface area contributed by atoms with Gasteiger partial charge in [-0.25, -0.2) is 13.8 Å². The van der Waals surface area contributed by atoms with Crippen LogP contribution in [0.2, 0.25) is 0 Å². The number of carbonyl (C=O) groups is 2. The van der Waals surface area contributed by atoms with Gasteiger partial charge in [0.05, 0.1) is 18.3 Å². The fourth-order valence-electron chi connectivity index (χ4n) is 10.3. The van der Waals surface area contributed by atoms with E-state index in [0.29, 0.717) is 31.1 Å². The number of imidazole rings is 1. The van der Waals surface area contributed by atoms with Gasteiger partial charge in [0.15, 0.2) is 0 Å². The molecule has 4 fully saturated rings. The molecule has 1 aromatic carbocycles. The first kappa shape index (κ1) is 39.9. The van der Waals surface area contributed by atoms with Gasteiger partial charge in [0.25, 0.3) is 0 Å². The van der Waals surface area contributed by atoms with Crippen LogP contribution in [0.5, 0.6) is 0 Å². The Bertz CT molecular complexity index is 1610. The Kier molecular flexibility index (Phi) is 13.3. The van der Waals surface area contributed by atoms with E-state index in [0.717, 1.165) is 114 Å². The summed E-state index contributed by atoms with van der Waals surface area (Å²) < 4.78 is 30.1. The highest BCUT2D eigenvalue weighted by atomic mass is 19.3. The number of rotatable bonds is 15. The van der Waals surface area contributed by atoms with Crippen molar-refractivity contribution in [3.8, 4) is 12.3 Å². The van der Waals surface area contributed by atoms with Gasteiger partial charge >= 0.3 is 0 Å². The first-order valence-electron chi connectivity index (χ1n) is 21.4. The fraction of sp³-hybridized carbons (Fsp3) is 0.705. The number of nitrogens with one attached hydrogen (secondary N) is 1. The van der Waals surface area contributed by atoms with Gasteiger partial charge in [-0.2, -0.15) is 0 Å². The zero-order chi connectivity index (χ0) is 38.4. The van der Waals surface area contributed by atoms with Crippen molar-refractivity contribution in [1.29, 1.82) is 0 Å². The number of hydrogen-bond acceptors (Lipinski definition) is 6. The van der Waals surface area contributed by atoms with Crippen molar-refractivity contribution < 1.29 is 18.4 Å². The second-order valence-corrected chi connectivity index (χ2v) is 17.1. The van der Waals surface area contributed by atoms with Crippen LogP contribution in [0.4, 0.5) is 8.78 Å². The normalized spacial score (nSPS) is 25.3. The Morgan fingerprint density at radius 2 is 1.58 bits per heavy atom. The molecule has 1 aliphatic carbocycles. The summed E-state index contributed by atoms with van der Waals surface area (Å²) in [5.41, 5.74) is 3.47. The minimum Gasteiger partial charge on any atom is -0.349 e. The molecule has 0 spiro atoms. The molecule has 5 heterocycles. The lowest BCUT2D eigenvalue weighted by molar-refractivity contribution is -0.132. The van der Waals surface area contributed by atoms with Gasteiger partial charge < -0.3 is 24.6 Å². The Hall–Kier alpha value is -3.33. The molecule has 5 aliphatic rings. The van der Waals surface area contributed by atoms with E-state index in [1.54, 1.807) is 0 Å². The number of unbranched alkanes of at least 4 members (excludes halogenated alkanes) is 2. The van der Waals surface area contributed by atoms with Crippen molar-refractivity contribution in [3.05, 3.63) is 53.1 Å². The number of alkyl halides is 2. The third kappa shape index (κ3) is 9.98. The van der Waals surface area contributed by atoms with Crippen LogP contribution in [0.25, 0.3) is 0 Å². The molecule has 1 aromatic heterocycles. The summed E-state index contributed by atoms with van der Waals surface area (Å²) >= 11 is 0. The Morgan fingerprint density at radius 1 is 0.909 bits per heavy atom. The van der Waals surface area contributed by atoms with Crippen LogP contribution in [0.15, 0.2) is 30.3 Å². The average Bonchev–Trinajstić information content (AvgIpc) is 3.64. The Labute approximate surface area is 327 Å². The number of aromatic nitrogens is 2. The minimum atomic E-state index is -2.64. The van der Waals surface area contributed by atoms with Crippen molar-refractivity contribution in [2.45, 2.75) is 140 Å². The predicted molar refractivity (Wildman–Crippen MR) is 212 cm³/mol. The van der Waals surface area contributed by atoms with E-state index in [1.165, 1.54) is 25.0 Å². The number of terminal acetylenes is 1. The Balaban J connectivity index is 0.884. The van der Waals surface area contributed by atoms with Crippen LogP contribution in [-0.4, -0.2) is 111 Å². The molecule has 3 atom stereocenters. The summed E-state index contributed by atoms with van der Waals surface area (Å²) in [5, 5.41) is 3.28. The third-order valence-corrected chi connectivity index (χ3v) is 13.5. The smallest absolute Gasteiger partial charge is 0.248 e. The van der Waals surface area contributed by atoms with Crippen molar-refractivity contribution in [3.63, 3.8) is 0 Å². The van der Waals surface area contributed by atoms with Crippen molar-refractivity contribution in [1.82, 2.24) is 34.5 Å². The zero-order valence-electron chi connectivity index (χ0n) is 33.1. The number of hydrogen-bond donors (Lipinski definition) is 1. The number of piperidine rings is 1. The molecule has 4 aliphatic heterocycles. The fourth-order valence-corrected chi connectivity index (χ4v) is 10.3. The molecule has 7 rings (SSSR count). The maximum Gasteiger partial charge on any atom is 0.248 e. The topological polar surface area (TPSA) is 77.0 Å². The molecule has 0 radical (unpaired) electrons. The number of fused-ring (bicyclic) bond motifs is 3. The molecule has 1 saturated carbocycles. The largest absolute Gasteiger partial charge is 0.349 e. The number of piperazine rings is 1. The lowest BCUT2D eigenvalue weighted by Gasteiger charge is -2.41. The van der Waals surface area contributed by atoms with E-state index in [-0.39, 0.29) is 49.5 Å². The van der Waals surface area contributed by atoms with Gasteiger partial charge in [0, 0.05) is 101 Å². The lowest BCUT2D eigenvalue weighted by Crippen LogP contribution is -2.47. The molecule has 2 aromatic rings. The van der Waals surface area contributed by atoms with Gasteiger partial charge in [-0.15, -0.1) is 12.3 Å². The highest BCUT2D eigenvalue weighted by molar-refractivity contribution is 5.79. The summed E-state index contributed by atoms with van der Waals surface area (Å²) in [6.07, 6.45) is 16.3. The molecule has 11 heteroatoms. The van der Waals surface area contributed by atoms with E-state index >= 15 is 0 Å². The lowest BCUT2D eigenvalue weighted by atomic mass is 9.86. The second-order valence-electron chi connectivity index (χ2n) is 17.1. The van der Waals surface area contributed by atoms with Gasteiger partial charge in [-0.1, -0.05) is 30.3 Å². The van der Waals surface area contributed by atoms with Crippen LogP contribution in [-0.2, 0) is 22.6 Å². The number of benzene rings is 1. The zero-order valence-corrected chi connectivity index (χ0v) is 33.1. The summed E-state index contributed by atoms with van der Waals surface area (Å²) in [6.45, 7) is 10.9. The average molecular weight is 760 g/mol. The molecule has 9 nitrogen and oxygen atoms in total. The molecule has 1 N–H and O–H groups in total. The third-order valence-electron chi connectivity index (χ3n) is 13.5. The summed E-state index contributed by atoms with van der Waals surface area (Å²) in [4.78, 5) is 41.5. The molecule has 55 heavy (non-hydrogen) atoms.